The Morgan fingerprint density at radius 3 is 2.38 bits per heavy atom. The van der Waals surface area contributed by atoms with E-state index in [-0.39, 0.29) is 0 Å². The number of nitrogens with zero attached hydrogens (tertiary/aromatic N) is 2. The number of halogens is 2. The highest BCUT2D eigenvalue weighted by Gasteiger charge is 2.02. The van der Waals surface area contributed by atoms with Gasteiger partial charge in [-0.1, -0.05) is 23.2 Å². The van der Waals surface area contributed by atoms with Gasteiger partial charge in [0.1, 0.15) is 16.7 Å². The van der Waals surface area contributed by atoms with Crippen LogP contribution in [0.4, 0.5) is 0 Å². The smallest absolute Gasteiger partial charge is 0.224 e. The largest absolute Gasteiger partial charge is 0.439 e. The lowest BCUT2D eigenvalue weighted by molar-refractivity contribution is 0.460. The summed E-state index contributed by atoms with van der Waals surface area (Å²) in [6.07, 6.45) is 0. The normalized spacial score (nSPS) is 10.2. The van der Waals surface area contributed by atoms with E-state index in [1.54, 1.807) is 37.3 Å². The third-order valence-corrected chi connectivity index (χ3v) is 2.26. The van der Waals surface area contributed by atoms with E-state index in [4.69, 9.17) is 27.9 Å². The van der Waals surface area contributed by atoms with Gasteiger partial charge in [0, 0.05) is 11.1 Å². The number of aryl methyl sites for hydroxylation is 1. The molecule has 1 aromatic heterocycles. The summed E-state index contributed by atoms with van der Waals surface area (Å²) >= 11 is 11.6. The Hall–Kier alpha value is -1.32. The van der Waals surface area contributed by atoms with Crippen LogP contribution >= 0.6 is 23.2 Å². The Kier molecular flexibility index (Phi) is 3.27. The van der Waals surface area contributed by atoms with Crippen molar-refractivity contribution in [2.24, 2.45) is 0 Å². The Labute approximate surface area is 103 Å². The fraction of sp³-hybridized carbons (Fsp3) is 0.0909. The molecule has 0 radical (unpaired) electrons. The molecule has 0 fully saturated rings. The van der Waals surface area contributed by atoms with E-state index in [1.165, 1.54) is 0 Å². The van der Waals surface area contributed by atoms with E-state index in [9.17, 15) is 0 Å². The first-order valence-corrected chi connectivity index (χ1v) is 5.34. The molecule has 0 aliphatic rings. The minimum atomic E-state index is 0.358. The third-order valence-electron chi connectivity index (χ3n) is 1.82. The molecule has 5 heteroatoms. The highest BCUT2D eigenvalue weighted by atomic mass is 35.5. The van der Waals surface area contributed by atoms with Gasteiger partial charge in [0.25, 0.3) is 0 Å². The van der Waals surface area contributed by atoms with Crippen LogP contribution in [0.3, 0.4) is 0 Å². The van der Waals surface area contributed by atoms with Gasteiger partial charge in [0.15, 0.2) is 0 Å². The number of ether oxygens (including phenoxy) is 1. The van der Waals surface area contributed by atoms with E-state index in [0.29, 0.717) is 27.6 Å². The fourth-order valence-electron chi connectivity index (χ4n) is 1.18. The lowest BCUT2D eigenvalue weighted by Crippen LogP contribution is -1.92. The van der Waals surface area contributed by atoms with Gasteiger partial charge in [-0.05, 0) is 31.2 Å². The van der Waals surface area contributed by atoms with Crippen molar-refractivity contribution in [3.05, 3.63) is 46.3 Å². The number of benzene rings is 1. The zero-order valence-electron chi connectivity index (χ0n) is 8.45. The first kappa shape index (κ1) is 11.2. The van der Waals surface area contributed by atoms with Gasteiger partial charge in [0.2, 0.25) is 5.88 Å². The van der Waals surface area contributed by atoms with Crippen LogP contribution in [0.1, 0.15) is 5.82 Å². The summed E-state index contributed by atoms with van der Waals surface area (Å²) in [5.41, 5.74) is 0. The fourth-order valence-corrected chi connectivity index (χ4v) is 1.52. The zero-order valence-corrected chi connectivity index (χ0v) is 9.96. The molecule has 0 saturated carbocycles. The average molecular weight is 255 g/mol. The van der Waals surface area contributed by atoms with Crippen molar-refractivity contribution in [1.82, 2.24) is 9.97 Å². The number of hydrogen-bond donors (Lipinski definition) is 0. The van der Waals surface area contributed by atoms with E-state index >= 15 is 0 Å². The van der Waals surface area contributed by atoms with Crippen molar-refractivity contribution >= 4 is 23.2 Å². The first-order valence-electron chi connectivity index (χ1n) is 4.58. The highest BCUT2D eigenvalue weighted by Crippen LogP contribution is 2.22. The van der Waals surface area contributed by atoms with Gasteiger partial charge in [-0.25, -0.2) is 4.98 Å². The summed E-state index contributed by atoms with van der Waals surface area (Å²) in [4.78, 5) is 8.04. The van der Waals surface area contributed by atoms with Gasteiger partial charge in [-0.3, -0.25) is 0 Å². The molecule has 0 atom stereocenters. The topological polar surface area (TPSA) is 35.0 Å². The predicted molar refractivity (Wildman–Crippen MR) is 63.3 cm³/mol. The van der Waals surface area contributed by atoms with Crippen molar-refractivity contribution in [2.45, 2.75) is 6.92 Å². The van der Waals surface area contributed by atoms with Crippen LogP contribution in [0.15, 0.2) is 30.3 Å². The summed E-state index contributed by atoms with van der Waals surface area (Å²) in [6.45, 7) is 1.75. The standard InChI is InChI=1S/C11H8Cl2N2O/c1-7-14-10(13)6-11(15-7)16-9-4-2-8(12)3-5-9/h2-6H,1H3. The maximum Gasteiger partial charge on any atom is 0.224 e. The molecule has 16 heavy (non-hydrogen) atoms. The van der Waals surface area contributed by atoms with Crippen molar-refractivity contribution in [2.75, 3.05) is 0 Å². The molecule has 0 N–H and O–H groups in total. The molecule has 0 spiro atoms. The van der Waals surface area contributed by atoms with Crippen LogP contribution in [0.2, 0.25) is 10.2 Å². The molecule has 82 valence electrons. The molecule has 2 rings (SSSR count). The lowest BCUT2D eigenvalue weighted by Gasteiger charge is -2.05. The summed E-state index contributed by atoms with van der Waals surface area (Å²) < 4.78 is 5.50. The van der Waals surface area contributed by atoms with Crippen molar-refractivity contribution in [3.63, 3.8) is 0 Å². The van der Waals surface area contributed by atoms with Crippen LogP contribution in [-0.4, -0.2) is 9.97 Å². The zero-order chi connectivity index (χ0) is 11.5. The van der Waals surface area contributed by atoms with Gasteiger partial charge in [-0.15, -0.1) is 0 Å². The van der Waals surface area contributed by atoms with Crippen molar-refractivity contribution in [3.8, 4) is 11.6 Å². The van der Waals surface area contributed by atoms with Crippen molar-refractivity contribution < 1.29 is 4.74 Å². The molecule has 2 aromatic rings. The first-order chi connectivity index (χ1) is 7.63. The molecule has 1 aromatic carbocycles. The number of hydrogen-bond acceptors (Lipinski definition) is 3. The Morgan fingerprint density at radius 1 is 1.06 bits per heavy atom. The van der Waals surface area contributed by atoms with E-state index < -0.39 is 0 Å². The summed E-state index contributed by atoms with van der Waals surface area (Å²) in [7, 11) is 0. The summed E-state index contributed by atoms with van der Waals surface area (Å²) in [6, 6.07) is 8.56. The Bertz CT molecular complexity index is 480. The highest BCUT2D eigenvalue weighted by molar-refractivity contribution is 6.30. The van der Waals surface area contributed by atoms with Crippen LogP contribution in [0.5, 0.6) is 11.6 Å². The maximum absolute atomic E-state index is 5.79. The second kappa shape index (κ2) is 4.68. The van der Waals surface area contributed by atoms with E-state index in [2.05, 4.69) is 9.97 Å². The van der Waals surface area contributed by atoms with Crippen molar-refractivity contribution in [1.29, 1.82) is 0 Å². The molecular formula is C11H8Cl2N2O. The molecule has 0 aliphatic heterocycles. The van der Waals surface area contributed by atoms with Crippen LogP contribution in [0.25, 0.3) is 0 Å². The van der Waals surface area contributed by atoms with Gasteiger partial charge in [-0.2, -0.15) is 4.98 Å². The lowest BCUT2D eigenvalue weighted by atomic mass is 10.3. The Morgan fingerprint density at radius 2 is 1.75 bits per heavy atom. The quantitative estimate of drug-likeness (QED) is 0.763. The average Bonchev–Trinajstić information content (AvgIpc) is 2.20. The molecule has 0 aliphatic carbocycles. The molecule has 0 bridgehead atoms. The van der Waals surface area contributed by atoms with Crippen LogP contribution in [0, 0.1) is 6.92 Å². The monoisotopic (exact) mass is 254 g/mol. The number of aromatic nitrogens is 2. The molecule has 1 heterocycles. The third kappa shape index (κ3) is 2.84. The van der Waals surface area contributed by atoms with Gasteiger partial charge < -0.3 is 4.74 Å². The minimum absolute atomic E-state index is 0.358. The van der Waals surface area contributed by atoms with Crippen LogP contribution < -0.4 is 4.74 Å². The Balaban J connectivity index is 2.23. The second-order valence-corrected chi connectivity index (χ2v) is 3.96. The molecular weight excluding hydrogens is 247 g/mol. The predicted octanol–water partition coefficient (Wildman–Crippen LogP) is 3.88. The van der Waals surface area contributed by atoms with Gasteiger partial charge >= 0.3 is 0 Å². The van der Waals surface area contributed by atoms with E-state index in [1.807, 2.05) is 0 Å². The molecule has 0 unspecified atom stereocenters. The summed E-state index contributed by atoms with van der Waals surface area (Å²) in [5.74, 6) is 1.63. The van der Waals surface area contributed by atoms with E-state index in [0.717, 1.165) is 0 Å². The van der Waals surface area contributed by atoms with Gasteiger partial charge in [0.05, 0.1) is 0 Å². The molecule has 0 saturated heterocycles. The maximum atomic E-state index is 5.79. The second-order valence-electron chi connectivity index (χ2n) is 3.13. The minimum Gasteiger partial charge on any atom is -0.439 e. The summed E-state index contributed by atoms with van der Waals surface area (Å²) in [5, 5.41) is 1.01. The van der Waals surface area contributed by atoms with Crippen LogP contribution in [-0.2, 0) is 0 Å². The molecule has 0 amide bonds. The SMILES string of the molecule is Cc1nc(Cl)cc(Oc2ccc(Cl)cc2)n1. The number of rotatable bonds is 2. The molecule has 3 nitrogen and oxygen atoms in total.